The van der Waals surface area contributed by atoms with E-state index in [2.05, 4.69) is 23.6 Å². The van der Waals surface area contributed by atoms with E-state index in [1.165, 1.54) is 17.7 Å². The quantitative estimate of drug-likeness (QED) is 0.800. The highest BCUT2D eigenvalue weighted by Crippen LogP contribution is 2.18. The van der Waals surface area contributed by atoms with Gasteiger partial charge in [0.15, 0.2) is 0 Å². The number of rotatable bonds is 4. The normalized spacial score (nSPS) is 11.2. The zero-order chi connectivity index (χ0) is 14.8. The number of benzene rings is 1. The molecule has 0 radical (unpaired) electrons. The van der Waals surface area contributed by atoms with Gasteiger partial charge < -0.3 is 10.1 Å². The highest BCUT2D eigenvalue weighted by Gasteiger charge is 2.12. The predicted molar refractivity (Wildman–Crippen MR) is 81.9 cm³/mol. The minimum atomic E-state index is -0.216. The lowest BCUT2D eigenvalue weighted by Gasteiger charge is -2.05. The summed E-state index contributed by atoms with van der Waals surface area (Å²) in [6.45, 7) is 2.64. The van der Waals surface area contributed by atoms with Crippen molar-refractivity contribution in [2.24, 2.45) is 5.73 Å². The Kier molecular flexibility index (Phi) is 3.71. The third-order valence-corrected chi connectivity index (χ3v) is 3.61. The van der Waals surface area contributed by atoms with Crippen LogP contribution >= 0.6 is 0 Å². The molecule has 3 nitrogen and oxygen atoms in total. The van der Waals surface area contributed by atoms with Gasteiger partial charge in [-0.1, -0.05) is 18.2 Å². The number of fused-ring (bicyclic) bond motifs is 1. The molecule has 2 heterocycles. The van der Waals surface area contributed by atoms with Gasteiger partial charge in [0, 0.05) is 24.7 Å². The molecule has 1 aromatic carbocycles. The molecule has 0 aliphatic carbocycles. The Morgan fingerprint density at radius 2 is 1.90 bits per heavy atom. The summed E-state index contributed by atoms with van der Waals surface area (Å²) in [6, 6.07) is 10.6. The molecule has 4 heteroatoms. The third kappa shape index (κ3) is 2.81. The van der Waals surface area contributed by atoms with Gasteiger partial charge >= 0.3 is 0 Å². The van der Waals surface area contributed by atoms with Crippen molar-refractivity contribution in [2.75, 3.05) is 6.54 Å². The summed E-state index contributed by atoms with van der Waals surface area (Å²) in [5.74, 6) is -0.216. The maximum atomic E-state index is 13.0. The van der Waals surface area contributed by atoms with Gasteiger partial charge in [-0.05, 0) is 42.8 Å². The lowest BCUT2D eigenvalue weighted by atomic mass is 10.1. The Hall–Kier alpha value is -2.20. The van der Waals surface area contributed by atoms with Crippen LogP contribution in [0.3, 0.4) is 0 Å². The number of aromatic nitrogens is 2. The summed E-state index contributed by atoms with van der Waals surface area (Å²) >= 11 is 0. The lowest BCUT2D eigenvalue weighted by molar-refractivity contribution is 0.627. The molecule has 0 fully saturated rings. The number of hydrogen-bond donors (Lipinski definition) is 1. The Morgan fingerprint density at radius 3 is 2.62 bits per heavy atom. The molecular formula is C17H18FN3. The molecule has 2 aromatic heterocycles. The molecule has 0 atom stereocenters. The van der Waals surface area contributed by atoms with E-state index in [0.717, 1.165) is 29.0 Å². The molecule has 0 saturated carbocycles. The minimum absolute atomic E-state index is 0.216. The van der Waals surface area contributed by atoms with Gasteiger partial charge in [0.2, 0.25) is 0 Å². The first-order valence-electron chi connectivity index (χ1n) is 7.08. The van der Waals surface area contributed by atoms with Gasteiger partial charge in [0.05, 0.1) is 5.69 Å². The van der Waals surface area contributed by atoms with Crippen LogP contribution in [0.15, 0.2) is 42.6 Å². The molecule has 0 spiro atoms. The third-order valence-electron chi connectivity index (χ3n) is 3.61. The zero-order valence-electron chi connectivity index (χ0n) is 12.0. The first kappa shape index (κ1) is 13.8. The van der Waals surface area contributed by atoms with Gasteiger partial charge in [0.1, 0.15) is 11.5 Å². The first-order valence-corrected chi connectivity index (χ1v) is 7.08. The van der Waals surface area contributed by atoms with Crippen LogP contribution in [0.1, 0.15) is 22.5 Å². The molecule has 108 valence electrons. The van der Waals surface area contributed by atoms with Crippen molar-refractivity contribution in [3.63, 3.8) is 0 Å². The van der Waals surface area contributed by atoms with Gasteiger partial charge in [-0.25, -0.2) is 9.37 Å². The summed E-state index contributed by atoms with van der Waals surface area (Å²) in [5, 5.41) is 0. The van der Waals surface area contributed by atoms with E-state index in [1.807, 2.05) is 6.07 Å². The van der Waals surface area contributed by atoms with Crippen molar-refractivity contribution in [1.82, 2.24) is 9.38 Å². The summed E-state index contributed by atoms with van der Waals surface area (Å²) < 4.78 is 15.1. The van der Waals surface area contributed by atoms with E-state index in [4.69, 9.17) is 10.7 Å². The highest BCUT2D eigenvalue weighted by atomic mass is 19.1. The molecule has 2 N–H and O–H groups in total. The van der Waals surface area contributed by atoms with Crippen LogP contribution in [0.2, 0.25) is 0 Å². The van der Waals surface area contributed by atoms with Crippen LogP contribution in [0, 0.1) is 12.7 Å². The second-order valence-electron chi connectivity index (χ2n) is 5.28. The second kappa shape index (κ2) is 5.66. The van der Waals surface area contributed by atoms with Crippen LogP contribution < -0.4 is 5.73 Å². The van der Waals surface area contributed by atoms with E-state index in [0.29, 0.717) is 13.0 Å². The van der Waals surface area contributed by atoms with Gasteiger partial charge in [-0.15, -0.1) is 0 Å². The Morgan fingerprint density at radius 1 is 1.14 bits per heavy atom. The van der Waals surface area contributed by atoms with Crippen LogP contribution in [0.25, 0.3) is 5.65 Å². The average Bonchev–Trinajstić information content (AvgIpc) is 2.79. The van der Waals surface area contributed by atoms with Gasteiger partial charge in [-0.2, -0.15) is 0 Å². The standard InChI is InChI=1S/C17H18FN3/c1-12-2-7-17-20-15(16(8-9-19)21(17)11-12)10-13-3-5-14(18)6-4-13/h2-7,11H,8-10,19H2,1H3. The minimum Gasteiger partial charge on any atom is -0.330 e. The number of nitrogens with two attached hydrogens (primary N) is 1. The van der Waals surface area contributed by atoms with E-state index in [-0.39, 0.29) is 5.82 Å². The number of halogens is 1. The lowest BCUT2D eigenvalue weighted by Crippen LogP contribution is -2.07. The van der Waals surface area contributed by atoms with Crippen LogP contribution in [-0.4, -0.2) is 15.9 Å². The maximum absolute atomic E-state index is 13.0. The number of hydrogen-bond acceptors (Lipinski definition) is 2. The van der Waals surface area contributed by atoms with Gasteiger partial charge in [-0.3, -0.25) is 0 Å². The smallest absolute Gasteiger partial charge is 0.137 e. The van der Waals surface area contributed by atoms with Crippen LogP contribution in [-0.2, 0) is 12.8 Å². The molecule has 3 aromatic rings. The van der Waals surface area contributed by atoms with E-state index >= 15 is 0 Å². The molecule has 0 aliphatic rings. The number of pyridine rings is 1. The van der Waals surface area contributed by atoms with Gasteiger partial charge in [0.25, 0.3) is 0 Å². The number of nitrogens with zero attached hydrogens (tertiary/aromatic N) is 2. The van der Waals surface area contributed by atoms with Crippen molar-refractivity contribution in [1.29, 1.82) is 0 Å². The molecule has 0 aliphatic heterocycles. The van der Waals surface area contributed by atoms with E-state index in [9.17, 15) is 4.39 Å². The second-order valence-corrected chi connectivity index (χ2v) is 5.28. The summed E-state index contributed by atoms with van der Waals surface area (Å²) in [5.41, 5.74) is 11.1. The van der Waals surface area contributed by atoms with E-state index < -0.39 is 0 Å². The summed E-state index contributed by atoms with van der Waals surface area (Å²) in [4.78, 5) is 4.70. The SMILES string of the molecule is Cc1ccc2nc(Cc3ccc(F)cc3)c(CCN)n2c1. The average molecular weight is 283 g/mol. The van der Waals surface area contributed by atoms with Crippen molar-refractivity contribution in [3.05, 3.63) is 70.9 Å². The zero-order valence-corrected chi connectivity index (χ0v) is 12.0. The number of aryl methyl sites for hydroxylation is 1. The summed E-state index contributed by atoms with van der Waals surface area (Å²) in [6.07, 6.45) is 3.55. The van der Waals surface area contributed by atoms with Crippen molar-refractivity contribution in [3.8, 4) is 0 Å². The monoisotopic (exact) mass is 283 g/mol. The summed E-state index contributed by atoms with van der Waals surface area (Å²) in [7, 11) is 0. The molecule has 0 unspecified atom stereocenters. The van der Waals surface area contributed by atoms with Crippen molar-refractivity contribution >= 4 is 5.65 Å². The van der Waals surface area contributed by atoms with Crippen LogP contribution in [0.4, 0.5) is 4.39 Å². The topological polar surface area (TPSA) is 43.3 Å². The Bertz CT molecular complexity index is 760. The molecule has 3 rings (SSSR count). The van der Waals surface area contributed by atoms with Crippen molar-refractivity contribution < 1.29 is 4.39 Å². The maximum Gasteiger partial charge on any atom is 0.137 e. The Balaban J connectivity index is 2.04. The van der Waals surface area contributed by atoms with Crippen molar-refractivity contribution in [2.45, 2.75) is 19.8 Å². The van der Waals surface area contributed by atoms with E-state index in [1.54, 1.807) is 12.1 Å². The Labute approximate surface area is 123 Å². The molecule has 0 saturated heterocycles. The molecule has 0 amide bonds. The fraction of sp³-hybridized carbons (Fsp3) is 0.235. The molecular weight excluding hydrogens is 265 g/mol. The predicted octanol–water partition coefficient (Wildman–Crippen LogP) is 2.87. The first-order chi connectivity index (χ1) is 10.2. The largest absolute Gasteiger partial charge is 0.330 e. The molecule has 21 heavy (non-hydrogen) atoms. The number of imidazole rings is 1. The highest BCUT2D eigenvalue weighted by molar-refractivity contribution is 5.45. The van der Waals surface area contributed by atoms with Crippen LogP contribution in [0.5, 0.6) is 0 Å². The molecule has 0 bridgehead atoms. The fourth-order valence-electron chi connectivity index (χ4n) is 2.59. The fourth-order valence-corrected chi connectivity index (χ4v) is 2.59.